The van der Waals surface area contributed by atoms with Crippen LogP contribution in [0.25, 0.3) is 0 Å². The van der Waals surface area contributed by atoms with Crippen molar-refractivity contribution in [3.8, 4) is 5.75 Å². The van der Waals surface area contributed by atoms with Crippen LogP contribution < -0.4 is 5.32 Å². The summed E-state index contributed by atoms with van der Waals surface area (Å²) >= 11 is 0. The molecule has 0 aliphatic rings. The summed E-state index contributed by atoms with van der Waals surface area (Å²) in [7, 11) is 0. The molecule has 1 atom stereocenters. The molecule has 21 heavy (non-hydrogen) atoms. The molecule has 6 nitrogen and oxygen atoms in total. The molecular formula is C15H21NO5. The maximum absolute atomic E-state index is 11.5. The van der Waals surface area contributed by atoms with E-state index in [-0.39, 0.29) is 18.7 Å². The van der Waals surface area contributed by atoms with Crippen molar-refractivity contribution in [1.82, 2.24) is 5.32 Å². The first-order valence-electron chi connectivity index (χ1n) is 6.65. The minimum atomic E-state index is -1.02. The highest BCUT2D eigenvalue weighted by Gasteiger charge is 2.21. The van der Waals surface area contributed by atoms with Crippen LogP contribution in [0, 0.1) is 5.92 Å². The van der Waals surface area contributed by atoms with Crippen LogP contribution in [-0.4, -0.2) is 34.4 Å². The summed E-state index contributed by atoms with van der Waals surface area (Å²) < 4.78 is 5.05. The van der Waals surface area contributed by atoms with E-state index in [1.807, 2.05) is 0 Å². The summed E-state index contributed by atoms with van der Waals surface area (Å²) in [6.07, 6.45) is -0.441. The van der Waals surface area contributed by atoms with Crippen LogP contribution in [0.5, 0.6) is 5.75 Å². The number of phenolic OH excluding ortho intramolecular Hbond substituents is 1. The number of nitrogens with one attached hydrogen (secondary N) is 1. The highest BCUT2D eigenvalue weighted by atomic mass is 16.6. The number of hydrogen-bond acceptors (Lipinski definition) is 4. The highest BCUT2D eigenvalue weighted by Crippen LogP contribution is 2.15. The zero-order valence-electron chi connectivity index (χ0n) is 12.4. The van der Waals surface area contributed by atoms with Gasteiger partial charge in [0.05, 0.1) is 5.92 Å². The lowest BCUT2D eigenvalue weighted by Gasteiger charge is -2.21. The van der Waals surface area contributed by atoms with Crippen LogP contribution in [0.1, 0.15) is 26.3 Å². The molecule has 116 valence electrons. The second kappa shape index (κ2) is 6.97. The Labute approximate surface area is 123 Å². The van der Waals surface area contributed by atoms with E-state index in [0.717, 1.165) is 0 Å². The number of ether oxygens (including phenoxy) is 1. The normalized spacial score (nSPS) is 12.5. The van der Waals surface area contributed by atoms with Crippen molar-refractivity contribution in [2.24, 2.45) is 5.92 Å². The predicted octanol–water partition coefficient (Wildman–Crippen LogP) is 2.16. The van der Waals surface area contributed by atoms with Crippen molar-refractivity contribution < 1.29 is 24.5 Å². The van der Waals surface area contributed by atoms with Gasteiger partial charge in [-0.3, -0.25) is 4.79 Å². The highest BCUT2D eigenvalue weighted by molar-refractivity contribution is 5.73. The van der Waals surface area contributed by atoms with Crippen LogP contribution >= 0.6 is 0 Å². The van der Waals surface area contributed by atoms with E-state index in [1.165, 1.54) is 12.1 Å². The number of aliphatic carboxylic acids is 1. The van der Waals surface area contributed by atoms with Crippen LogP contribution in [-0.2, 0) is 16.0 Å². The summed E-state index contributed by atoms with van der Waals surface area (Å²) in [5.74, 6) is -1.73. The van der Waals surface area contributed by atoms with E-state index in [4.69, 9.17) is 4.74 Å². The fourth-order valence-corrected chi connectivity index (χ4v) is 1.74. The summed E-state index contributed by atoms with van der Waals surface area (Å²) in [5.41, 5.74) is 0.0574. The average Bonchev–Trinajstić information content (AvgIpc) is 2.32. The molecule has 0 heterocycles. The van der Waals surface area contributed by atoms with Crippen molar-refractivity contribution in [2.45, 2.75) is 32.8 Å². The second-order valence-electron chi connectivity index (χ2n) is 5.79. The molecule has 0 aliphatic heterocycles. The Balaban J connectivity index is 2.59. The maximum atomic E-state index is 11.5. The fourth-order valence-electron chi connectivity index (χ4n) is 1.74. The maximum Gasteiger partial charge on any atom is 0.407 e. The zero-order valence-corrected chi connectivity index (χ0v) is 12.4. The molecule has 0 radical (unpaired) electrons. The Morgan fingerprint density at radius 1 is 1.33 bits per heavy atom. The van der Waals surface area contributed by atoms with Gasteiger partial charge < -0.3 is 20.3 Å². The van der Waals surface area contributed by atoms with Crippen molar-refractivity contribution in [1.29, 1.82) is 0 Å². The van der Waals surface area contributed by atoms with Gasteiger partial charge in [0.1, 0.15) is 11.4 Å². The number of alkyl carbamates (subject to hydrolysis) is 1. The molecule has 3 N–H and O–H groups in total. The summed E-state index contributed by atoms with van der Waals surface area (Å²) in [4.78, 5) is 22.8. The lowest BCUT2D eigenvalue weighted by Crippen LogP contribution is -2.37. The molecule has 1 aromatic carbocycles. The standard InChI is InChI=1S/C15H21NO5/c1-15(2,3)21-14(20)16-9-11(13(18)19)7-10-5-4-6-12(17)8-10/h4-6,8,11,17H,7,9H2,1-3H3,(H,16,20)(H,18,19)/t11-/m0/s1. The third-order valence-electron chi connectivity index (χ3n) is 2.63. The van der Waals surface area contributed by atoms with Crippen molar-refractivity contribution in [3.63, 3.8) is 0 Å². The van der Waals surface area contributed by atoms with Gasteiger partial charge in [-0.15, -0.1) is 0 Å². The van der Waals surface area contributed by atoms with Gasteiger partial charge in [0.2, 0.25) is 0 Å². The first-order chi connectivity index (χ1) is 9.67. The first-order valence-corrected chi connectivity index (χ1v) is 6.65. The smallest absolute Gasteiger partial charge is 0.407 e. The quantitative estimate of drug-likeness (QED) is 0.773. The fraction of sp³-hybridized carbons (Fsp3) is 0.467. The number of amides is 1. The van der Waals surface area contributed by atoms with Gasteiger partial charge in [0.25, 0.3) is 0 Å². The van der Waals surface area contributed by atoms with Gasteiger partial charge in [-0.2, -0.15) is 0 Å². The van der Waals surface area contributed by atoms with Gasteiger partial charge in [-0.25, -0.2) is 4.79 Å². The number of phenols is 1. The minimum absolute atomic E-state index is 0.0418. The Morgan fingerprint density at radius 3 is 2.52 bits per heavy atom. The van der Waals surface area contributed by atoms with Crippen LogP contribution in [0.15, 0.2) is 24.3 Å². The molecule has 0 spiro atoms. The molecule has 0 unspecified atom stereocenters. The topological polar surface area (TPSA) is 95.9 Å². The SMILES string of the molecule is CC(C)(C)OC(=O)NC[C@H](Cc1cccc(O)c1)C(=O)O. The van der Waals surface area contributed by atoms with E-state index < -0.39 is 23.6 Å². The molecule has 0 aromatic heterocycles. The molecule has 1 rings (SSSR count). The number of rotatable bonds is 5. The van der Waals surface area contributed by atoms with Crippen LogP contribution in [0.4, 0.5) is 4.79 Å². The number of carbonyl (C=O) groups excluding carboxylic acids is 1. The Hall–Kier alpha value is -2.24. The second-order valence-corrected chi connectivity index (χ2v) is 5.79. The van der Waals surface area contributed by atoms with Gasteiger partial charge in [-0.1, -0.05) is 12.1 Å². The summed E-state index contributed by atoms with van der Waals surface area (Å²) in [6, 6.07) is 6.38. The molecule has 0 fully saturated rings. The number of carbonyl (C=O) groups is 2. The molecule has 6 heteroatoms. The average molecular weight is 295 g/mol. The van der Waals surface area contributed by atoms with E-state index >= 15 is 0 Å². The Kier molecular flexibility index (Phi) is 5.58. The summed E-state index contributed by atoms with van der Waals surface area (Å²) in [5, 5.41) is 21.0. The van der Waals surface area contributed by atoms with Gasteiger partial charge in [-0.05, 0) is 44.9 Å². The molecule has 1 aromatic rings. The van der Waals surface area contributed by atoms with E-state index in [2.05, 4.69) is 5.32 Å². The number of benzene rings is 1. The van der Waals surface area contributed by atoms with Crippen LogP contribution in [0.3, 0.4) is 0 Å². The third-order valence-corrected chi connectivity index (χ3v) is 2.63. The van der Waals surface area contributed by atoms with E-state index in [9.17, 15) is 19.8 Å². The number of aromatic hydroxyl groups is 1. The minimum Gasteiger partial charge on any atom is -0.508 e. The van der Waals surface area contributed by atoms with Crippen molar-refractivity contribution >= 4 is 12.1 Å². The number of carboxylic acid groups (broad SMARTS) is 1. The molecule has 0 saturated carbocycles. The lowest BCUT2D eigenvalue weighted by molar-refractivity contribution is -0.141. The third kappa shape index (κ3) is 6.65. The first kappa shape index (κ1) is 16.8. The largest absolute Gasteiger partial charge is 0.508 e. The molecular weight excluding hydrogens is 274 g/mol. The number of carboxylic acids is 1. The Bertz CT molecular complexity index is 507. The molecule has 1 amide bonds. The number of hydrogen-bond donors (Lipinski definition) is 3. The van der Waals surface area contributed by atoms with Crippen molar-refractivity contribution in [2.75, 3.05) is 6.54 Å². The lowest BCUT2D eigenvalue weighted by atomic mass is 9.99. The molecule has 0 aliphatic carbocycles. The molecule has 0 saturated heterocycles. The van der Waals surface area contributed by atoms with Crippen LogP contribution in [0.2, 0.25) is 0 Å². The van der Waals surface area contributed by atoms with Gasteiger partial charge in [0.15, 0.2) is 0 Å². The monoisotopic (exact) mass is 295 g/mol. The Morgan fingerprint density at radius 2 is 2.00 bits per heavy atom. The van der Waals surface area contributed by atoms with Gasteiger partial charge in [0, 0.05) is 6.54 Å². The van der Waals surface area contributed by atoms with Gasteiger partial charge >= 0.3 is 12.1 Å². The van der Waals surface area contributed by atoms with Crippen molar-refractivity contribution in [3.05, 3.63) is 29.8 Å². The van der Waals surface area contributed by atoms with E-state index in [0.29, 0.717) is 5.56 Å². The zero-order chi connectivity index (χ0) is 16.0. The molecule has 0 bridgehead atoms. The van der Waals surface area contributed by atoms with E-state index in [1.54, 1.807) is 32.9 Å². The predicted molar refractivity (Wildman–Crippen MR) is 77.2 cm³/mol. The summed E-state index contributed by atoms with van der Waals surface area (Å²) in [6.45, 7) is 5.15.